The standard InChI is InChI=1S/C26H34N2/c1-19(2)25-15-16-26(28-25)27-24-13-11-22(12-14-24)18-20(3)17-21(4)23-9-7-5-6-8-10-23/h7,9-15,17,21,26-28H,1,5-6,8,16,18H2,2-4H3/b20-17+. The van der Waals surface area contributed by atoms with Crippen LogP contribution in [0.1, 0.15) is 52.0 Å². The van der Waals surface area contributed by atoms with Gasteiger partial charge in [-0.05, 0) is 74.3 Å². The molecule has 148 valence electrons. The van der Waals surface area contributed by atoms with E-state index in [0.29, 0.717) is 5.92 Å². The molecule has 0 spiro atoms. The van der Waals surface area contributed by atoms with Gasteiger partial charge in [0.2, 0.25) is 0 Å². The van der Waals surface area contributed by atoms with Gasteiger partial charge in [-0.25, -0.2) is 0 Å². The van der Waals surface area contributed by atoms with Crippen LogP contribution in [0.2, 0.25) is 0 Å². The molecule has 3 rings (SSSR count). The van der Waals surface area contributed by atoms with Gasteiger partial charge in [0, 0.05) is 17.8 Å². The molecule has 0 aromatic heterocycles. The molecule has 1 aliphatic heterocycles. The smallest absolute Gasteiger partial charge is 0.0999 e. The van der Waals surface area contributed by atoms with Gasteiger partial charge in [-0.3, -0.25) is 0 Å². The van der Waals surface area contributed by atoms with Crippen LogP contribution in [0, 0.1) is 5.92 Å². The van der Waals surface area contributed by atoms with E-state index < -0.39 is 0 Å². The Kier molecular flexibility index (Phi) is 6.97. The minimum atomic E-state index is 0.251. The first kappa shape index (κ1) is 20.3. The molecule has 1 aliphatic carbocycles. The van der Waals surface area contributed by atoms with Crippen molar-refractivity contribution in [3.05, 3.63) is 89.2 Å². The van der Waals surface area contributed by atoms with Crippen molar-refractivity contribution in [1.82, 2.24) is 5.32 Å². The molecule has 2 nitrogen and oxygen atoms in total. The van der Waals surface area contributed by atoms with Crippen LogP contribution in [0.5, 0.6) is 0 Å². The lowest BCUT2D eigenvalue weighted by Crippen LogP contribution is -2.30. The predicted molar refractivity (Wildman–Crippen MR) is 122 cm³/mol. The lowest BCUT2D eigenvalue weighted by Gasteiger charge is -2.17. The Balaban J connectivity index is 1.53. The highest BCUT2D eigenvalue weighted by Crippen LogP contribution is 2.22. The van der Waals surface area contributed by atoms with Gasteiger partial charge in [0.15, 0.2) is 0 Å². The van der Waals surface area contributed by atoms with E-state index in [2.05, 4.69) is 85.7 Å². The van der Waals surface area contributed by atoms with E-state index in [4.69, 9.17) is 0 Å². The van der Waals surface area contributed by atoms with E-state index in [1.807, 2.05) is 6.92 Å². The van der Waals surface area contributed by atoms with Gasteiger partial charge in [-0.1, -0.05) is 61.6 Å². The van der Waals surface area contributed by atoms with Crippen LogP contribution in [0.15, 0.2) is 83.6 Å². The lowest BCUT2D eigenvalue weighted by atomic mass is 9.95. The van der Waals surface area contributed by atoms with E-state index in [9.17, 15) is 0 Å². The van der Waals surface area contributed by atoms with Gasteiger partial charge >= 0.3 is 0 Å². The Morgan fingerprint density at radius 1 is 1.21 bits per heavy atom. The summed E-state index contributed by atoms with van der Waals surface area (Å²) in [7, 11) is 0. The minimum absolute atomic E-state index is 0.251. The molecule has 0 radical (unpaired) electrons. The van der Waals surface area contributed by atoms with Crippen LogP contribution >= 0.6 is 0 Å². The van der Waals surface area contributed by atoms with Gasteiger partial charge < -0.3 is 10.6 Å². The number of benzene rings is 1. The number of rotatable bonds is 7. The Hall–Kier alpha value is -2.48. The fourth-order valence-corrected chi connectivity index (χ4v) is 3.89. The van der Waals surface area contributed by atoms with Crippen molar-refractivity contribution in [2.45, 2.75) is 59.0 Å². The average Bonchev–Trinajstić information content (AvgIpc) is 2.96. The Bertz CT molecular complexity index is 805. The number of anilines is 1. The summed E-state index contributed by atoms with van der Waals surface area (Å²) in [5.41, 5.74) is 7.65. The first-order valence-electron chi connectivity index (χ1n) is 10.5. The molecule has 2 N–H and O–H groups in total. The van der Waals surface area contributed by atoms with Crippen LogP contribution in [-0.2, 0) is 6.42 Å². The molecule has 0 saturated carbocycles. The van der Waals surface area contributed by atoms with E-state index in [-0.39, 0.29) is 6.17 Å². The number of nitrogens with one attached hydrogen (secondary N) is 2. The molecule has 2 atom stereocenters. The maximum Gasteiger partial charge on any atom is 0.0999 e. The Labute approximate surface area is 170 Å². The number of hydrogen-bond donors (Lipinski definition) is 2. The summed E-state index contributed by atoms with van der Waals surface area (Å²) in [4.78, 5) is 0. The van der Waals surface area contributed by atoms with Gasteiger partial charge in [-0.2, -0.15) is 0 Å². The molecule has 0 fully saturated rings. The first-order valence-corrected chi connectivity index (χ1v) is 10.5. The second kappa shape index (κ2) is 9.64. The zero-order chi connectivity index (χ0) is 19.9. The molecular formula is C26H34N2. The SMILES string of the molecule is C=C(C)C1=CCC(Nc2ccc(C/C(C)=C/C(C)C3=CCCCC=C3)cc2)N1. The molecule has 28 heavy (non-hydrogen) atoms. The summed E-state index contributed by atoms with van der Waals surface area (Å²) in [6.07, 6.45) is 17.6. The van der Waals surface area contributed by atoms with E-state index in [1.165, 1.54) is 36.0 Å². The lowest BCUT2D eigenvalue weighted by molar-refractivity contribution is 0.689. The Morgan fingerprint density at radius 2 is 2.00 bits per heavy atom. The molecule has 1 heterocycles. The van der Waals surface area contributed by atoms with Crippen LogP contribution in [0.3, 0.4) is 0 Å². The second-order valence-corrected chi connectivity index (χ2v) is 8.19. The predicted octanol–water partition coefficient (Wildman–Crippen LogP) is 6.67. The van der Waals surface area contributed by atoms with Crippen molar-refractivity contribution in [3.63, 3.8) is 0 Å². The molecule has 1 aromatic rings. The van der Waals surface area contributed by atoms with Gasteiger partial charge in [0.1, 0.15) is 0 Å². The monoisotopic (exact) mass is 374 g/mol. The van der Waals surface area contributed by atoms with Gasteiger partial charge in [0.05, 0.1) is 6.17 Å². The maximum atomic E-state index is 4.00. The van der Waals surface area contributed by atoms with Crippen LogP contribution in [-0.4, -0.2) is 6.17 Å². The quantitative estimate of drug-likeness (QED) is 0.521. The third-order valence-electron chi connectivity index (χ3n) is 5.45. The fourth-order valence-electron chi connectivity index (χ4n) is 3.89. The first-order chi connectivity index (χ1) is 13.5. The molecule has 0 bridgehead atoms. The van der Waals surface area contributed by atoms with Crippen LogP contribution in [0.4, 0.5) is 5.69 Å². The van der Waals surface area contributed by atoms with Crippen molar-refractivity contribution in [3.8, 4) is 0 Å². The van der Waals surface area contributed by atoms with Crippen molar-refractivity contribution in [2.75, 3.05) is 5.32 Å². The summed E-state index contributed by atoms with van der Waals surface area (Å²) >= 11 is 0. The zero-order valence-corrected chi connectivity index (χ0v) is 17.6. The van der Waals surface area contributed by atoms with Crippen LogP contribution < -0.4 is 10.6 Å². The van der Waals surface area contributed by atoms with Crippen molar-refractivity contribution < 1.29 is 0 Å². The van der Waals surface area contributed by atoms with Crippen molar-refractivity contribution in [1.29, 1.82) is 0 Å². The van der Waals surface area contributed by atoms with E-state index in [1.54, 1.807) is 0 Å². The second-order valence-electron chi connectivity index (χ2n) is 8.19. The third kappa shape index (κ3) is 5.76. The van der Waals surface area contributed by atoms with Crippen molar-refractivity contribution >= 4 is 5.69 Å². The largest absolute Gasteiger partial charge is 0.365 e. The summed E-state index contributed by atoms with van der Waals surface area (Å²) < 4.78 is 0. The zero-order valence-electron chi connectivity index (χ0n) is 17.6. The number of hydrogen-bond acceptors (Lipinski definition) is 2. The average molecular weight is 375 g/mol. The molecule has 0 amide bonds. The minimum Gasteiger partial charge on any atom is -0.365 e. The number of allylic oxidation sites excluding steroid dienone is 7. The third-order valence-corrected chi connectivity index (χ3v) is 5.45. The van der Waals surface area contributed by atoms with Gasteiger partial charge in [-0.15, -0.1) is 0 Å². The topological polar surface area (TPSA) is 24.1 Å². The molecule has 2 unspecified atom stereocenters. The highest BCUT2D eigenvalue weighted by Gasteiger charge is 2.15. The van der Waals surface area contributed by atoms with Crippen LogP contribution in [0.25, 0.3) is 0 Å². The Morgan fingerprint density at radius 3 is 2.71 bits per heavy atom. The molecule has 2 aliphatic rings. The fraction of sp³-hybridized carbons (Fsp3) is 0.385. The summed E-state index contributed by atoms with van der Waals surface area (Å²) in [5, 5.41) is 7.03. The molecular weight excluding hydrogens is 340 g/mol. The highest BCUT2D eigenvalue weighted by molar-refractivity contribution is 5.47. The molecule has 1 aromatic carbocycles. The van der Waals surface area contributed by atoms with E-state index >= 15 is 0 Å². The summed E-state index contributed by atoms with van der Waals surface area (Å²) in [6, 6.07) is 8.83. The summed E-state index contributed by atoms with van der Waals surface area (Å²) in [6.45, 7) is 10.6. The summed E-state index contributed by atoms with van der Waals surface area (Å²) in [5.74, 6) is 0.485. The molecule has 2 heteroatoms. The van der Waals surface area contributed by atoms with E-state index in [0.717, 1.165) is 29.8 Å². The maximum absolute atomic E-state index is 4.00. The highest BCUT2D eigenvalue weighted by atomic mass is 15.1. The normalized spacial score (nSPS) is 20.7. The van der Waals surface area contributed by atoms with Crippen molar-refractivity contribution in [2.24, 2.45) is 5.92 Å². The van der Waals surface area contributed by atoms with Gasteiger partial charge in [0.25, 0.3) is 0 Å². The molecule has 0 saturated heterocycles.